The van der Waals surface area contributed by atoms with E-state index in [9.17, 15) is 9.59 Å². The first-order valence-electron chi connectivity index (χ1n) is 4.83. The zero-order valence-electron chi connectivity index (χ0n) is 8.80. The molecule has 1 aromatic carbocycles. The van der Waals surface area contributed by atoms with Crippen LogP contribution in [0.2, 0.25) is 0 Å². The molecule has 0 fully saturated rings. The third kappa shape index (κ3) is 1.93. The zero-order chi connectivity index (χ0) is 11.5. The monoisotopic (exact) mass is 217 g/mol. The molecule has 0 saturated carbocycles. The molecule has 0 unspecified atom stereocenters. The molecule has 1 amide bonds. The summed E-state index contributed by atoms with van der Waals surface area (Å²) >= 11 is 0. The van der Waals surface area contributed by atoms with E-state index < -0.39 is 5.91 Å². The Morgan fingerprint density at radius 1 is 1.56 bits per heavy atom. The SMILES string of the molecule is CN(Cc1ccc2nc[nH]c2c1)C(=O)C=O. The summed E-state index contributed by atoms with van der Waals surface area (Å²) in [5, 5.41) is 0. The fourth-order valence-corrected chi connectivity index (χ4v) is 1.52. The van der Waals surface area contributed by atoms with Gasteiger partial charge in [-0.2, -0.15) is 0 Å². The molecule has 5 heteroatoms. The third-order valence-electron chi connectivity index (χ3n) is 2.38. The van der Waals surface area contributed by atoms with Crippen LogP contribution in [0.3, 0.4) is 0 Å². The molecule has 1 aromatic heterocycles. The molecule has 16 heavy (non-hydrogen) atoms. The second-order valence-corrected chi connectivity index (χ2v) is 3.57. The summed E-state index contributed by atoms with van der Waals surface area (Å²) in [5.74, 6) is -0.523. The Balaban J connectivity index is 2.20. The molecule has 0 aliphatic heterocycles. The Bertz CT molecular complexity index is 533. The molecule has 0 saturated heterocycles. The molecule has 0 aliphatic carbocycles. The maximum absolute atomic E-state index is 11.1. The number of carbonyl (C=O) groups excluding carboxylic acids is 2. The predicted molar refractivity (Wildman–Crippen MR) is 58.6 cm³/mol. The highest BCUT2D eigenvalue weighted by Crippen LogP contribution is 2.12. The van der Waals surface area contributed by atoms with Crippen molar-refractivity contribution in [3.8, 4) is 0 Å². The number of nitrogens with one attached hydrogen (secondary N) is 1. The van der Waals surface area contributed by atoms with Crippen molar-refractivity contribution >= 4 is 23.2 Å². The van der Waals surface area contributed by atoms with Crippen molar-refractivity contribution in [3.63, 3.8) is 0 Å². The van der Waals surface area contributed by atoms with E-state index in [1.165, 1.54) is 4.90 Å². The first-order valence-corrected chi connectivity index (χ1v) is 4.83. The van der Waals surface area contributed by atoms with Crippen molar-refractivity contribution < 1.29 is 9.59 Å². The average Bonchev–Trinajstić information content (AvgIpc) is 2.75. The van der Waals surface area contributed by atoms with Gasteiger partial charge >= 0.3 is 0 Å². The van der Waals surface area contributed by atoms with Gasteiger partial charge in [-0.3, -0.25) is 9.59 Å². The van der Waals surface area contributed by atoms with Gasteiger partial charge in [-0.25, -0.2) is 4.98 Å². The molecule has 1 heterocycles. The van der Waals surface area contributed by atoms with E-state index in [1.54, 1.807) is 13.4 Å². The van der Waals surface area contributed by atoms with Crippen LogP contribution in [-0.2, 0) is 16.1 Å². The van der Waals surface area contributed by atoms with Crippen molar-refractivity contribution in [1.29, 1.82) is 0 Å². The molecular weight excluding hydrogens is 206 g/mol. The summed E-state index contributed by atoms with van der Waals surface area (Å²) in [5.41, 5.74) is 2.76. The van der Waals surface area contributed by atoms with Crippen LogP contribution >= 0.6 is 0 Å². The Kier molecular flexibility index (Phi) is 2.68. The summed E-state index contributed by atoms with van der Waals surface area (Å²) in [6.45, 7) is 0.409. The summed E-state index contributed by atoms with van der Waals surface area (Å²) in [6.07, 6.45) is 1.93. The van der Waals surface area contributed by atoms with Gasteiger partial charge in [0.2, 0.25) is 6.29 Å². The van der Waals surface area contributed by atoms with E-state index >= 15 is 0 Å². The molecule has 2 rings (SSSR count). The Morgan fingerprint density at radius 2 is 2.38 bits per heavy atom. The average molecular weight is 217 g/mol. The van der Waals surface area contributed by atoms with E-state index in [2.05, 4.69) is 9.97 Å². The number of aromatic amines is 1. The van der Waals surface area contributed by atoms with E-state index in [-0.39, 0.29) is 0 Å². The first-order chi connectivity index (χ1) is 7.70. The van der Waals surface area contributed by atoms with Gasteiger partial charge in [0.15, 0.2) is 0 Å². The van der Waals surface area contributed by atoms with Crippen LogP contribution in [0, 0.1) is 0 Å². The van der Waals surface area contributed by atoms with E-state index in [1.807, 2.05) is 18.2 Å². The van der Waals surface area contributed by atoms with Gasteiger partial charge in [0.05, 0.1) is 17.4 Å². The maximum Gasteiger partial charge on any atom is 0.286 e. The minimum atomic E-state index is -0.523. The number of aromatic nitrogens is 2. The van der Waals surface area contributed by atoms with Gasteiger partial charge < -0.3 is 9.88 Å². The number of aldehydes is 1. The number of hydrogen-bond acceptors (Lipinski definition) is 3. The van der Waals surface area contributed by atoms with Crippen LogP contribution in [-0.4, -0.2) is 34.1 Å². The number of imidazole rings is 1. The zero-order valence-corrected chi connectivity index (χ0v) is 8.80. The fourth-order valence-electron chi connectivity index (χ4n) is 1.52. The van der Waals surface area contributed by atoms with Gasteiger partial charge in [-0.05, 0) is 17.7 Å². The summed E-state index contributed by atoms with van der Waals surface area (Å²) in [7, 11) is 1.59. The lowest BCUT2D eigenvalue weighted by molar-refractivity contribution is -0.138. The molecule has 0 radical (unpaired) electrons. The quantitative estimate of drug-likeness (QED) is 0.608. The summed E-state index contributed by atoms with van der Waals surface area (Å²) < 4.78 is 0. The number of benzene rings is 1. The largest absolute Gasteiger partial charge is 0.345 e. The van der Waals surface area contributed by atoms with Crippen molar-refractivity contribution in [2.24, 2.45) is 0 Å². The van der Waals surface area contributed by atoms with Crippen LogP contribution in [0.15, 0.2) is 24.5 Å². The predicted octanol–water partition coefficient (Wildman–Crippen LogP) is 0.720. The third-order valence-corrected chi connectivity index (χ3v) is 2.38. The van der Waals surface area contributed by atoms with Crippen LogP contribution in [0.25, 0.3) is 11.0 Å². The van der Waals surface area contributed by atoms with Gasteiger partial charge in [-0.15, -0.1) is 0 Å². The van der Waals surface area contributed by atoms with Crippen LogP contribution in [0.5, 0.6) is 0 Å². The molecule has 1 N–H and O–H groups in total. The highest BCUT2D eigenvalue weighted by molar-refractivity contribution is 6.23. The smallest absolute Gasteiger partial charge is 0.286 e. The summed E-state index contributed by atoms with van der Waals surface area (Å²) in [6, 6.07) is 5.68. The standard InChI is InChI=1S/C11H11N3O2/c1-14(11(16)6-15)5-8-2-3-9-10(4-8)13-7-12-9/h2-4,6-7H,5H2,1H3,(H,12,13). The minimum absolute atomic E-state index is 0.314. The van der Waals surface area contributed by atoms with Crippen molar-refractivity contribution in [2.45, 2.75) is 6.54 Å². The normalized spacial score (nSPS) is 10.3. The molecule has 0 aliphatic rings. The van der Waals surface area contributed by atoms with Gasteiger partial charge in [0, 0.05) is 13.6 Å². The second kappa shape index (κ2) is 4.14. The lowest BCUT2D eigenvalue weighted by atomic mass is 10.2. The van der Waals surface area contributed by atoms with Gasteiger partial charge in [0.25, 0.3) is 5.91 Å². The topological polar surface area (TPSA) is 66.1 Å². The number of H-pyrrole nitrogens is 1. The number of rotatable bonds is 3. The molecule has 0 spiro atoms. The minimum Gasteiger partial charge on any atom is -0.345 e. The molecule has 82 valence electrons. The Morgan fingerprint density at radius 3 is 3.12 bits per heavy atom. The number of fused-ring (bicyclic) bond motifs is 1. The molecule has 2 aromatic rings. The number of hydrogen-bond donors (Lipinski definition) is 1. The van der Waals surface area contributed by atoms with Gasteiger partial charge in [-0.1, -0.05) is 6.07 Å². The van der Waals surface area contributed by atoms with Crippen LogP contribution in [0.4, 0.5) is 0 Å². The number of nitrogens with zero attached hydrogens (tertiary/aromatic N) is 2. The van der Waals surface area contributed by atoms with Crippen molar-refractivity contribution in [3.05, 3.63) is 30.1 Å². The molecule has 0 bridgehead atoms. The van der Waals surface area contributed by atoms with E-state index in [4.69, 9.17) is 0 Å². The molecule has 0 atom stereocenters. The lowest BCUT2D eigenvalue weighted by Gasteiger charge is -2.13. The summed E-state index contributed by atoms with van der Waals surface area (Å²) in [4.78, 5) is 29.8. The van der Waals surface area contributed by atoms with Crippen LogP contribution in [0.1, 0.15) is 5.56 Å². The number of amides is 1. The second-order valence-electron chi connectivity index (χ2n) is 3.57. The lowest BCUT2D eigenvalue weighted by Crippen LogP contribution is -2.26. The first kappa shape index (κ1) is 10.4. The fraction of sp³-hybridized carbons (Fsp3) is 0.182. The van der Waals surface area contributed by atoms with Crippen molar-refractivity contribution in [2.75, 3.05) is 7.05 Å². The Hall–Kier alpha value is -2.17. The number of carbonyl (C=O) groups is 2. The van der Waals surface area contributed by atoms with Gasteiger partial charge in [0.1, 0.15) is 0 Å². The number of likely N-dealkylation sites (N-methyl/N-ethyl adjacent to an activating group) is 1. The van der Waals surface area contributed by atoms with E-state index in [0.717, 1.165) is 16.6 Å². The molecular formula is C11H11N3O2. The molecule has 5 nitrogen and oxygen atoms in total. The highest BCUT2D eigenvalue weighted by Gasteiger charge is 2.07. The Labute approximate surface area is 92.1 Å². The van der Waals surface area contributed by atoms with Crippen molar-refractivity contribution in [1.82, 2.24) is 14.9 Å². The maximum atomic E-state index is 11.1. The van der Waals surface area contributed by atoms with Crippen LogP contribution < -0.4 is 0 Å². The van der Waals surface area contributed by atoms with E-state index in [0.29, 0.717) is 12.8 Å². The highest BCUT2D eigenvalue weighted by atomic mass is 16.2.